The number of sulfonamides is 1. The van der Waals surface area contributed by atoms with Gasteiger partial charge in [-0.25, -0.2) is 13.1 Å². The van der Waals surface area contributed by atoms with Gasteiger partial charge in [0.25, 0.3) is 0 Å². The lowest BCUT2D eigenvalue weighted by atomic mass is 10.2. The Balaban J connectivity index is 2.65. The summed E-state index contributed by atoms with van der Waals surface area (Å²) in [7, 11) is -1.65. The number of aromatic nitrogens is 1. The lowest BCUT2D eigenvalue weighted by molar-refractivity contribution is 0.279. The van der Waals surface area contributed by atoms with Crippen molar-refractivity contribution in [3.05, 3.63) is 18.5 Å². The predicted octanol–water partition coefficient (Wildman–Crippen LogP) is 0.464. The number of aliphatic hydroxyl groups excluding tert-OH is 1. The molecule has 0 saturated heterocycles. The van der Waals surface area contributed by atoms with Crippen LogP contribution in [0.1, 0.15) is 19.8 Å². The molecule has 1 heterocycles. The van der Waals surface area contributed by atoms with Crippen molar-refractivity contribution < 1.29 is 13.5 Å². The second-order valence-electron chi connectivity index (χ2n) is 3.90. The van der Waals surface area contributed by atoms with Gasteiger partial charge < -0.3 is 9.67 Å². The lowest BCUT2D eigenvalue weighted by Crippen LogP contribution is -2.32. The van der Waals surface area contributed by atoms with Crippen LogP contribution in [0.5, 0.6) is 0 Å². The van der Waals surface area contributed by atoms with Crippen LogP contribution >= 0.6 is 0 Å². The second kappa shape index (κ2) is 5.47. The van der Waals surface area contributed by atoms with Gasteiger partial charge in [-0.3, -0.25) is 0 Å². The average Bonchev–Trinajstić information content (AvgIpc) is 2.62. The van der Waals surface area contributed by atoms with Gasteiger partial charge in [-0.05, 0) is 25.8 Å². The van der Waals surface area contributed by atoms with E-state index < -0.39 is 10.0 Å². The van der Waals surface area contributed by atoms with Crippen LogP contribution in [0.25, 0.3) is 0 Å². The van der Waals surface area contributed by atoms with Gasteiger partial charge >= 0.3 is 0 Å². The topological polar surface area (TPSA) is 71.3 Å². The van der Waals surface area contributed by atoms with Crippen molar-refractivity contribution in [1.29, 1.82) is 0 Å². The number of nitrogens with zero attached hydrogens (tertiary/aromatic N) is 1. The maximum Gasteiger partial charge on any atom is 0.242 e. The Hall–Kier alpha value is -0.850. The largest absolute Gasteiger partial charge is 0.396 e. The van der Waals surface area contributed by atoms with Crippen molar-refractivity contribution in [2.45, 2.75) is 30.7 Å². The highest BCUT2D eigenvalue weighted by atomic mass is 32.2. The first-order valence-corrected chi connectivity index (χ1v) is 6.69. The summed E-state index contributed by atoms with van der Waals surface area (Å²) in [6.45, 7) is 1.87. The number of hydrogen-bond acceptors (Lipinski definition) is 3. The van der Waals surface area contributed by atoms with Crippen molar-refractivity contribution in [3.8, 4) is 0 Å². The summed E-state index contributed by atoms with van der Waals surface area (Å²) < 4.78 is 27.9. The predicted molar refractivity (Wildman–Crippen MR) is 61.5 cm³/mol. The quantitative estimate of drug-likeness (QED) is 0.766. The SMILES string of the molecule is CC(CCCO)NS(=O)(=O)c1ccn(C)c1. The molecule has 1 rings (SSSR count). The van der Waals surface area contributed by atoms with Gasteiger partial charge in [0.15, 0.2) is 0 Å². The molecule has 6 heteroatoms. The van der Waals surface area contributed by atoms with Gasteiger partial charge in [-0.2, -0.15) is 0 Å². The third-order valence-corrected chi connectivity index (χ3v) is 3.84. The van der Waals surface area contributed by atoms with Crippen LogP contribution in [0.2, 0.25) is 0 Å². The van der Waals surface area contributed by atoms with E-state index in [1.165, 1.54) is 0 Å². The number of rotatable bonds is 6. The molecule has 0 aliphatic heterocycles. The minimum Gasteiger partial charge on any atom is -0.396 e. The average molecular weight is 246 g/mol. The molecule has 0 bridgehead atoms. The van der Waals surface area contributed by atoms with E-state index in [9.17, 15) is 8.42 Å². The first-order chi connectivity index (χ1) is 7.45. The number of hydrogen-bond donors (Lipinski definition) is 2. The van der Waals surface area contributed by atoms with Gasteiger partial charge in [-0.1, -0.05) is 0 Å². The highest BCUT2D eigenvalue weighted by Gasteiger charge is 2.17. The van der Waals surface area contributed by atoms with Gasteiger partial charge in [0.2, 0.25) is 10.0 Å². The molecule has 1 unspecified atom stereocenters. The van der Waals surface area contributed by atoms with Crippen LogP contribution in [0.15, 0.2) is 23.4 Å². The third kappa shape index (κ3) is 3.62. The molecule has 5 nitrogen and oxygen atoms in total. The number of aryl methyl sites for hydroxylation is 1. The lowest BCUT2D eigenvalue weighted by Gasteiger charge is -2.12. The molecule has 0 aliphatic carbocycles. The Bertz CT molecular complexity index is 425. The Morgan fingerprint density at radius 2 is 2.25 bits per heavy atom. The molecule has 0 radical (unpaired) electrons. The normalized spacial score (nSPS) is 13.9. The van der Waals surface area contributed by atoms with Crippen LogP contribution in [0.4, 0.5) is 0 Å². The Labute approximate surface area is 96.1 Å². The molecule has 16 heavy (non-hydrogen) atoms. The van der Waals surface area contributed by atoms with E-state index in [1.54, 1.807) is 37.0 Å². The van der Waals surface area contributed by atoms with Crippen LogP contribution in [-0.4, -0.2) is 30.7 Å². The zero-order valence-electron chi connectivity index (χ0n) is 9.55. The maximum absolute atomic E-state index is 11.8. The molecule has 2 N–H and O–H groups in total. The Kier molecular flexibility index (Phi) is 4.52. The van der Waals surface area contributed by atoms with E-state index in [0.29, 0.717) is 12.8 Å². The first kappa shape index (κ1) is 13.2. The molecule has 1 atom stereocenters. The van der Waals surface area contributed by atoms with Crippen molar-refractivity contribution in [2.24, 2.45) is 7.05 Å². The van der Waals surface area contributed by atoms with Crippen molar-refractivity contribution in [1.82, 2.24) is 9.29 Å². The summed E-state index contributed by atoms with van der Waals surface area (Å²) in [6.07, 6.45) is 4.47. The van der Waals surface area contributed by atoms with Crippen molar-refractivity contribution in [2.75, 3.05) is 6.61 Å². The standard InChI is InChI=1S/C10H18N2O3S/c1-9(4-3-7-13)11-16(14,15)10-5-6-12(2)8-10/h5-6,8-9,11,13H,3-4,7H2,1-2H3. The van der Waals surface area contributed by atoms with E-state index in [-0.39, 0.29) is 17.5 Å². The highest BCUT2D eigenvalue weighted by Crippen LogP contribution is 2.10. The van der Waals surface area contributed by atoms with Crippen LogP contribution in [0, 0.1) is 0 Å². The zero-order chi connectivity index (χ0) is 12.2. The fourth-order valence-corrected chi connectivity index (χ4v) is 2.75. The molecule has 0 spiro atoms. The van der Waals surface area contributed by atoms with Crippen molar-refractivity contribution in [3.63, 3.8) is 0 Å². The smallest absolute Gasteiger partial charge is 0.242 e. The minimum atomic E-state index is -3.42. The molecule has 0 amide bonds. The molecular formula is C10H18N2O3S. The Morgan fingerprint density at radius 3 is 2.75 bits per heavy atom. The summed E-state index contributed by atoms with van der Waals surface area (Å²) in [5.41, 5.74) is 0. The zero-order valence-corrected chi connectivity index (χ0v) is 10.4. The minimum absolute atomic E-state index is 0.0808. The summed E-state index contributed by atoms with van der Waals surface area (Å²) in [4.78, 5) is 0.269. The fraction of sp³-hybridized carbons (Fsp3) is 0.600. The first-order valence-electron chi connectivity index (χ1n) is 5.21. The number of nitrogens with one attached hydrogen (secondary N) is 1. The van der Waals surface area contributed by atoms with Crippen LogP contribution < -0.4 is 4.72 Å². The molecule has 0 fully saturated rings. The fourth-order valence-electron chi connectivity index (χ4n) is 1.43. The molecule has 0 aromatic carbocycles. The van der Waals surface area contributed by atoms with Gasteiger partial charge in [0.05, 0.1) is 4.90 Å². The molecule has 92 valence electrons. The second-order valence-corrected chi connectivity index (χ2v) is 5.61. The molecular weight excluding hydrogens is 228 g/mol. The van der Waals surface area contributed by atoms with Gasteiger partial charge in [0, 0.05) is 32.1 Å². The van der Waals surface area contributed by atoms with Crippen LogP contribution in [0.3, 0.4) is 0 Å². The molecule has 0 aliphatic rings. The third-order valence-electron chi connectivity index (χ3n) is 2.27. The summed E-state index contributed by atoms with van der Waals surface area (Å²) in [6, 6.07) is 1.39. The van der Waals surface area contributed by atoms with E-state index in [0.717, 1.165) is 0 Å². The monoisotopic (exact) mass is 246 g/mol. The van der Waals surface area contributed by atoms with Gasteiger partial charge in [0.1, 0.15) is 0 Å². The van der Waals surface area contributed by atoms with Crippen molar-refractivity contribution >= 4 is 10.0 Å². The highest BCUT2D eigenvalue weighted by molar-refractivity contribution is 7.89. The summed E-state index contributed by atoms with van der Waals surface area (Å²) >= 11 is 0. The molecule has 1 aromatic heterocycles. The number of aliphatic hydroxyl groups is 1. The summed E-state index contributed by atoms with van der Waals surface area (Å²) in [5.74, 6) is 0. The summed E-state index contributed by atoms with van der Waals surface area (Å²) in [5, 5.41) is 8.65. The van der Waals surface area contributed by atoms with Gasteiger partial charge in [-0.15, -0.1) is 0 Å². The van der Waals surface area contributed by atoms with Crippen LogP contribution in [-0.2, 0) is 17.1 Å². The van der Waals surface area contributed by atoms with E-state index in [1.807, 2.05) is 0 Å². The molecule has 0 saturated carbocycles. The Morgan fingerprint density at radius 1 is 1.56 bits per heavy atom. The molecule has 1 aromatic rings. The van der Waals surface area contributed by atoms with E-state index in [2.05, 4.69) is 4.72 Å². The van der Waals surface area contributed by atoms with E-state index in [4.69, 9.17) is 5.11 Å². The maximum atomic E-state index is 11.8. The van der Waals surface area contributed by atoms with E-state index >= 15 is 0 Å².